The molecule has 0 bridgehead atoms. The van der Waals surface area contributed by atoms with Gasteiger partial charge in [-0.05, 0) is 76.1 Å². The Bertz CT molecular complexity index is 1530. The number of alkyl halides is 1. The minimum Gasteiger partial charge on any atom is -0.368 e. The summed E-state index contributed by atoms with van der Waals surface area (Å²) in [7, 11) is 2.12. The molecule has 10 atom stereocenters. The van der Waals surface area contributed by atoms with Crippen molar-refractivity contribution < 1.29 is 18.7 Å². The molecule has 1 aromatic carbocycles. The van der Waals surface area contributed by atoms with Crippen molar-refractivity contribution in [1.29, 1.82) is 0 Å². The largest absolute Gasteiger partial charge is 0.368 e. The third-order valence-corrected chi connectivity index (χ3v) is 12.1. The molecule has 2 aromatic rings. The molecule has 4 heterocycles. The minimum atomic E-state index is -1.48. The van der Waals surface area contributed by atoms with Crippen molar-refractivity contribution in [2.75, 3.05) is 20.1 Å². The van der Waals surface area contributed by atoms with Crippen LogP contribution in [0.25, 0.3) is 11.0 Å². The summed E-state index contributed by atoms with van der Waals surface area (Å²) < 4.78 is 25.0. The summed E-state index contributed by atoms with van der Waals surface area (Å²) in [6, 6.07) is 6.53. The van der Waals surface area contributed by atoms with Gasteiger partial charge in [0.2, 0.25) is 0 Å². The zero-order valence-corrected chi connectivity index (χ0v) is 25.5. The summed E-state index contributed by atoms with van der Waals surface area (Å²) in [6.45, 7) is 1.58. The van der Waals surface area contributed by atoms with Crippen molar-refractivity contribution in [2.45, 2.75) is 107 Å². The van der Waals surface area contributed by atoms with E-state index in [2.05, 4.69) is 27.1 Å². The number of halogens is 1. The molecule has 6 aliphatic rings. The van der Waals surface area contributed by atoms with Crippen LogP contribution in [0, 0.1) is 17.8 Å². The van der Waals surface area contributed by atoms with E-state index in [-0.39, 0.29) is 41.5 Å². The lowest BCUT2D eigenvalue weighted by molar-refractivity contribution is -0.214. The number of nitrogens with zero attached hydrogens (tertiary/aromatic N) is 3. The molecule has 9 nitrogen and oxygen atoms in total. The van der Waals surface area contributed by atoms with Crippen molar-refractivity contribution in [3.05, 3.63) is 46.5 Å². The van der Waals surface area contributed by atoms with Gasteiger partial charge in [-0.25, -0.2) is 9.18 Å². The molecule has 236 valence electrons. The molecule has 3 aliphatic heterocycles. The van der Waals surface area contributed by atoms with Crippen LogP contribution >= 0.6 is 0 Å². The van der Waals surface area contributed by atoms with E-state index in [0.717, 1.165) is 32.2 Å². The standard InChI is InChI=1S/C34H44FN5O4/c1-38-14-6-9-21(38)12-13-36-33(42)23-18-39-27-15-19-7-2-3-8-20(19)16-28(27)44-32-29(39)22(31(23)41)17-24(35)30(32)40-26-11-5-4-10-25(26)37-34(40)43/h4-5,10-11,18-22,24,27-30,32H,2-3,6-9,12-17H2,1H3,(H,36,42)(H,37,43). The van der Waals surface area contributed by atoms with E-state index in [0.29, 0.717) is 35.5 Å². The summed E-state index contributed by atoms with van der Waals surface area (Å²) in [5, 5.41) is 3.03. The maximum Gasteiger partial charge on any atom is 0.326 e. The molecule has 8 rings (SSSR count). The van der Waals surface area contributed by atoms with Crippen LogP contribution in [0.5, 0.6) is 0 Å². The van der Waals surface area contributed by atoms with E-state index in [9.17, 15) is 14.4 Å². The molecule has 0 radical (unpaired) electrons. The molecule has 3 aliphatic carbocycles. The zero-order valence-electron chi connectivity index (χ0n) is 25.5. The van der Waals surface area contributed by atoms with Crippen molar-refractivity contribution in [1.82, 2.24) is 24.7 Å². The smallest absolute Gasteiger partial charge is 0.326 e. The topological polar surface area (TPSA) is 99.7 Å². The summed E-state index contributed by atoms with van der Waals surface area (Å²) in [6.07, 6.45) is 9.27. The number of nitrogens with one attached hydrogen (secondary N) is 2. The van der Waals surface area contributed by atoms with Crippen LogP contribution in [0.1, 0.15) is 70.3 Å². The van der Waals surface area contributed by atoms with Crippen molar-refractivity contribution in [2.24, 2.45) is 17.8 Å². The zero-order chi connectivity index (χ0) is 30.1. The number of amides is 1. The highest BCUT2D eigenvalue weighted by molar-refractivity contribution is 6.20. The molecule has 10 unspecified atom stereocenters. The van der Waals surface area contributed by atoms with E-state index < -0.39 is 30.3 Å². The van der Waals surface area contributed by atoms with Gasteiger partial charge in [0, 0.05) is 24.7 Å². The lowest BCUT2D eigenvalue weighted by Gasteiger charge is -2.60. The van der Waals surface area contributed by atoms with Gasteiger partial charge in [-0.1, -0.05) is 37.8 Å². The summed E-state index contributed by atoms with van der Waals surface area (Å²) in [4.78, 5) is 48.4. The highest BCUT2D eigenvalue weighted by Gasteiger charge is 2.60. The van der Waals surface area contributed by atoms with Crippen LogP contribution in [-0.4, -0.2) is 87.7 Å². The molecular weight excluding hydrogens is 561 g/mol. The molecule has 5 fully saturated rings. The van der Waals surface area contributed by atoms with Gasteiger partial charge in [-0.2, -0.15) is 0 Å². The Labute approximate surface area is 257 Å². The first kappa shape index (κ1) is 28.5. The Hall–Kier alpha value is -2.98. The highest BCUT2D eigenvalue weighted by Crippen LogP contribution is 2.52. The number of hydrogen-bond acceptors (Lipinski definition) is 6. The number of morpholine rings is 1. The Morgan fingerprint density at radius 3 is 2.64 bits per heavy atom. The fourth-order valence-corrected chi connectivity index (χ4v) is 9.90. The van der Waals surface area contributed by atoms with Crippen molar-refractivity contribution >= 4 is 22.7 Å². The van der Waals surface area contributed by atoms with Gasteiger partial charge >= 0.3 is 5.69 Å². The maximum absolute atomic E-state index is 16.5. The summed E-state index contributed by atoms with van der Waals surface area (Å²) in [5.41, 5.74) is 1.08. The number of likely N-dealkylation sites (tertiary alicyclic amines) is 1. The number of H-pyrrole nitrogens is 1. The van der Waals surface area contributed by atoms with Gasteiger partial charge in [-0.15, -0.1) is 0 Å². The Kier molecular flexibility index (Phi) is 7.20. The fourth-order valence-electron chi connectivity index (χ4n) is 9.90. The molecule has 3 saturated carbocycles. The second kappa shape index (κ2) is 11.1. The van der Waals surface area contributed by atoms with Gasteiger partial charge in [0.15, 0.2) is 5.78 Å². The van der Waals surface area contributed by atoms with Crippen molar-refractivity contribution in [3.8, 4) is 0 Å². The number of imidazole rings is 1. The second-order valence-electron chi connectivity index (χ2n) is 14.3. The number of aromatic amines is 1. The third kappa shape index (κ3) is 4.58. The number of ketones is 1. The van der Waals surface area contributed by atoms with Gasteiger partial charge in [0.05, 0.1) is 40.8 Å². The van der Waals surface area contributed by atoms with Crippen molar-refractivity contribution in [3.63, 3.8) is 0 Å². The molecule has 2 saturated heterocycles. The molecule has 0 spiro atoms. The number of carbonyl (C=O) groups excluding carboxylic acids is 2. The first-order chi connectivity index (χ1) is 21.4. The molecular formula is C34H44FN5O4. The Morgan fingerprint density at radius 1 is 1.05 bits per heavy atom. The van der Waals surface area contributed by atoms with E-state index in [1.54, 1.807) is 6.20 Å². The number of aromatic nitrogens is 2. The molecule has 2 N–H and O–H groups in total. The Balaban J connectivity index is 1.15. The van der Waals surface area contributed by atoms with Crippen LogP contribution in [0.4, 0.5) is 4.39 Å². The minimum absolute atomic E-state index is 0.0256. The predicted octanol–water partition coefficient (Wildman–Crippen LogP) is 3.70. The number of ether oxygens (including phenoxy) is 1. The van der Waals surface area contributed by atoms with Crippen LogP contribution in [-0.2, 0) is 14.3 Å². The fraction of sp³-hybridized carbons (Fsp3) is 0.676. The normalized spacial score (nSPS) is 38.5. The monoisotopic (exact) mass is 605 g/mol. The maximum atomic E-state index is 16.5. The summed E-state index contributed by atoms with van der Waals surface area (Å²) in [5.74, 6) is -0.190. The molecule has 44 heavy (non-hydrogen) atoms. The molecule has 1 amide bonds. The average molecular weight is 606 g/mol. The van der Waals surface area contributed by atoms with Crippen LogP contribution in [0.15, 0.2) is 40.8 Å². The van der Waals surface area contributed by atoms with E-state index in [1.165, 1.54) is 36.7 Å². The third-order valence-electron chi connectivity index (χ3n) is 12.1. The number of Topliss-reactive ketones (excluding diaryl/α,β-unsaturated/α-hetero) is 1. The number of hydrogen-bond donors (Lipinski definition) is 2. The first-order valence-electron chi connectivity index (χ1n) is 16.9. The number of para-hydroxylation sites is 2. The number of rotatable bonds is 5. The van der Waals surface area contributed by atoms with E-state index in [1.807, 2.05) is 24.3 Å². The summed E-state index contributed by atoms with van der Waals surface area (Å²) >= 11 is 0. The Morgan fingerprint density at radius 2 is 1.84 bits per heavy atom. The van der Waals surface area contributed by atoms with Gasteiger partial charge < -0.3 is 24.8 Å². The molecule has 1 aromatic heterocycles. The van der Waals surface area contributed by atoms with E-state index in [4.69, 9.17) is 4.74 Å². The number of benzene rings is 1. The lowest BCUT2D eigenvalue weighted by Crippen LogP contribution is -2.70. The molecule has 10 heteroatoms. The number of fused-ring (bicyclic) bond motifs is 4. The SMILES string of the molecule is CN1CCCC1CCNC(=O)C1=CN2C3CC4CCCCC4CC3OC3C2C(CC(F)C3n2c(=O)[nH]c3ccccc32)C1=O. The predicted molar refractivity (Wildman–Crippen MR) is 164 cm³/mol. The van der Waals surface area contributed by atoms with Gasteiger partial charge in [0.25, 0.3) is 5.91 Å². The van der Waals surface area contributed by atoms with E-state index >= 15 is 4.39 Å². The van der Waals surface area contributed by atoms with Crippen LogP contribution < -0.4 is 11.0 Å². The van der Waals surface area contributed by atoms with Crippen LogP contribution in [0.3, 0.4) is 0 Å². The first-order valence-corrected chi connectivity index (χ1v) is 16.9. The highest BCUT2D eigenvalue weighted by atomic mass is 19.1. The van der Waals surface area contributed by atoms with Gasteiger partial charge in [0.1, 0.15) is 12.3 Å². The number of carbonyl (C=O) groups is 2. The van der Waals surface area contributed by atoms with Gasteiger partial charge in [-0.3, -0.25) is 14.2 Å². The average Bonchev–Trinajstić information content (AvgIpc) is 3.58. The van der Waals surface area contributed by atoms with Crippen LogP contribution in [0.2, 0.25) is 0 Å². The quantitative estimate of drug-likeness (QED) is 0.505. The second-order valence-corrected chi connectivity index (χ2v) is 14.3. The lowest BCUT2D eigenvalue weighted by atomic mass is 9.65.